The van der Waals surface area contributed by atoms with Gasteiger partial charge in [0.15, 0.2) is 5.76 Å². The fraction of sp³-hybridized carbons (Fsp3) is 0.379. The van der Waals surface area contributed by atoms with E-state index in [4.69, 9.17) is 16.3 Å². The van der Waals surface area contributed by atoms with E-state index in [1.807, 2.05) is 35.2 Å². The maximum atomic E-state index is 14.4. The molecule has 2 N–H and O–H groups in total. The van der Waals surface area contributed by atoms with E-state index in [0.717, 1.165) is 31.2 Å². The van der Waals surface area contributed by atoms with E-state index >= 15 is 0 Å². The van der Waals surface area contributed by atoms with E-state index in [1.165, 1.54) is 12.1 Å². The second-order valence-electron chi connectivity index (χ2n) is 10.6. The number of nitrogens with one attached hydrogen (secondary N) is 1. The van der Waals surface area contributed by atoms with Crippen LogP contribution in [0.15, 0.2) is 71.8 Å². The predicted molar refractivity (Wildman–Crippen MR) is 139 cm³/mol. The Bertz CT molecular complexity index is 1350. The molecule has 3 fully saturated rings. The highest BCUT2D eigenvalue weighted by atomic mass is 35.5. The second kappa shape index (κ2) is 9.75. The Morgan fingerprint density at radius 3 is 2.84 bits per heavy atom. The third-order valence-corrected chi connectivity index (χ3v) is 8.47. The van der Waals surface area contributed by atoms with E-state index in [0.29, 0.717) is 19.0 Å². The van der Waals surface area contributed by atoms with Crippen molar-refractivity contribution in [1.82, 2.24) is 15.1 Å². The first kappa shape index (κ1) is 24.9. The molecular formula is C29H29ClFN3O4. The standard InChI is InChI=1S/C29H29ClFN3O4/c30-22-10-4-9-20(23(22)31)13-32-27(36)21-15-33-17-29-11-5-8-19(12-29)14-34(29)28(37)24(33)26(25(21)35)38-16-18-6-2-1-3-7-18/h1-4,6-7,9-10,15,19,25,35H,5,8,11-14,16-17H2,(H,32,36)/t19-,25?,29+/m0/s1. The van der Waals surface area contributed by atoms with Crippen LogP contribution < -0.4 is 5.32 Å². The van der Waals surface area contributed by atoms with Gasteiger partial charge in [-0.05, 0) is 36.8 Å². The largest absolute Gasteiger partial charge is 0.488 e. The van der Waals surface area contributed by atoms with Gasteiger partial charge in [-0.2, -0.15) is 0 Å². The topological polar surface area (TPSA) is 82.1 Å². The lowest BCUT2D eigenvalue weighted by Gasteiger charge is -2.49. The van der Waals surface area contributed by atoms with Crippen molar-refractivity contribution in [3.8, 4) is 0 Å². The first-order valence-electron chi connectivity index (χ1n) is 13.0. The highest BCUT2D eigenvalue weighted by molar-refractivity contribution is 6.30. The smallest absolute Gasteiger partial charge is 0.274 e. The molecule has 4 aliphatic rings. The first-order chi connectivity index (χ1) is 18.4. The monoisotopic (exact) mass is 537 g/mol. The Kier molecular flexibility index (Phi) is 6.40. The number of hydrogen-bond donors (Lipinski definition) is 2. The van der Waals surface area contributed by atoms with Crippen LogP contribution in [0, 0.1) is 11.7 Å². The summed E-state index contributed by atoms with van der Waals surface area (Å²) in [6.45, 7) is 1.27. The Morgan fingerprint density at radius 2 is 2.03 bits per heavy atom. The van der Waals surface area contributed by atoms with Gasteiger partial charge in [0.2, 0.25) is 0 Å². The highest BCUT2D eigenvalue weighted by Crippen LogP contribution is 2.49. The molecule has 0 radical (unpaired) electrons. The summed E-state index contributed by atoms with van der Waals surface area (Å²) in [5.74, 6) is -0.809. The summed E-state index contributed by atoms with van der Waals surface area (Å²) in [6.07, 6.45) is 4.12. The molecule has 1 aliphatic carbocycles. The average molecular weight is 538 g/mol. The minimum atomic E-state index is -1.45. The number of rotatable bonds is 6. The molecule has 1 saturated carbocycles. The first-order valence-corrected chi connectivity index (χ1v) is 13.3. The Balaban J connectivity index is 1.31. The lowest BCUT2D eigenvalue weighted by atomic mass is 9.78. The molecule has 3 atom stereocenters. The van der Waals surface area contributed by atoms with Gasteiger partial charge in [-0.25, -0.2) is 4.39 Å². The van der Waals surface area contributed by atoms with Crippen molar-refractivity contribution in [3.63, 3.8) is 0 Å². The van der Waals surface area contributed by atoms with Gasteiger partial charge in [-0.15, -0.1) is 0 Å². The Morgan fingerprint density at radius 1 is 1.21 bits per heavy atom. The molecule has 7 nitrogen and oxygen atoms in total. The van der Waals surface area contributed by atoms with E-state index in [-0.39, 0.29) is 52.2 Å². The summed E-state index contributed by atoms with van der Waals surface area (Å²) in [5, 5.41) is 14.0. The second-order valence-corrected chi connectivity index (χ2v) is 11.0. The van der Waals surface area contributed by atoms with Crippen LogP contribution in [0.3, 0.4) is 0 Å². The number of carbonyl (C=O) groups excluding carboxylic acids is 2. The number of hydrogen-bond acceptors (Lipinski definition) is 5. The fourth-order valence-electron chi connectivity index (χ4n) is 6.38. The zero-order chi connectivity index (χ0) is 26.4. The van der Waals surface area contributed by atoms with Gasteiger partial charge in [-0.3, -0.25) is 9.59 Å². The van der Waals surface area contributed by atoms with Crippen LogP contribution >= 0.6 is 11.6 Å². The SMILES string of the molecule is O=C(NCc1cccc(Cl)c1F)C1=CN2C[C@]34CCC[C@H](CN3C(=O)C2=C(OCc2ccccc2)C1O)C4. The number of amides is 2. The summed E-state index contributed by atoms with van der Waals surface area (Å²) in [7, 11) is 0. The highest BCUT2D eigenvalue weighted by Gasteiger charge is 2.56. The van der Waals surface area contributed by atoms with Gasteiger partial charge in [0, 0.05) is 31.4 Å². The molecule has 38 heavy (non-hydrogen) atoms. The summed E-state index contributed by atoms with van der Waals surface area (Å²) < 4.78 is 20.5. The zero-order valence-corrected chi connectivity index (χ0v) is 21.6. The number of benzene rings is 2. The van der Waals surface area contributed by atoms with Crippen molar-refractivity contribution < 1.29 is 23.8 Å². The van der Waals surface area contributed by atoms with E-state index in [2.05, 4.69) is 5.32 Å². The lowest BCUT2D eigenvalue weighted by Crippen LogP contribution is -2.61. The summed E-state index contributed by atoms with van der Waals surface area (Å²) in [4.78, 5) is 30.9. The van der Waals surface area contributed by atoms with Crippen molar-refractivity contribution in [2.45, 2.75) is 50.5 Å². The molecule has 198 valence electrons. The third-order valence-electron chi connectivity index (χ3n) is 8.18. The number of nitrogens with zero attached hydrogens (tertiary/aromatic N) is 2. The minimum Gasteiger partial charge on any atom is -0.488 e. The summed E-state index contributed by atoms with van der Waals surface area (Å²) in [5.41, 5.74) is 1.15. The third kappa shape index (κ3) is 4.25. The van der Waals surface area contributed by atoms with Gasteiger partial charge in [0.25, 0.3) is 11.8 Å². The fourth-order valence-corrected chi connectivity index (χ4v) is 6.58. The number of fused-ring (bicyclic) bond motifs is 2. The molecule has 0 aromatic heterocycles. The predicted octanol–water partition coefficient (Wildman–Crippen LogP) is 3.87. The number of halogens is 2. The van der Waals surface area contributed by atoms with Crippen LogP contribution in [0.2, 0.25) is 5.02 Å². The number of carbonyl (C=O) groups is 2. The van der Waals surface area contributed by atoms with Crippen molar-refractivity contribution in [2.75, 3.05) is 13.1 Å². The van der Waals surface area contributed by atoms with Crippen LogP contribution in [-0.2, 0) is 27.5 Å². The molecule has 2 aromatic rings. The van der Waals surface area contributed by atoms with Gasteiger partial charge >= 0.3 is 0 Å². The number of aliphatic hydroxyl groups excluding tert-OH is 1. The maximum Gasteiger partial charge on any atom is 0.274 e. The van der Waals surface area contributed by atoms with Crippen LogP contribution in [-0.4, -0.2) is 51.5 Å². The molecule has 2 bridgehead atoms. The van der Waals surface area contributed by atoms with E-state index in [1.54, 1.807) is 17.2 Å². The zero-order valence-electron chi connectivity index (χ0n) is 20.8. The molecule has 2 aromatic carbocycles. The molecule has 9 heteroatoms. The van der Waals surface area contributed by atoms with Crippen LogP contribution in [0.1, 0.15) is 36.8 Å². The van der Waals surface area contributed by atoms with Crippen molar-refractivity contribution >= 4 is 23.4 Å². The normalized spacial score (nSPS) is 26.1. The molecule has 1 unspecified atom stereocenters. The summed E-state index contributed by atoms with van der Waals surface area (Å²) >= 11 is 5.88. The molecule has 3 heterocycles. The number of aliphatic hydroxyl groups is 1. The Labute approximate surface area is 225 Å². The van der Waals surface area contributed by atoms with Crippen LogP contribution in [0.4, 0.5) is 4.39 Å². The lowest BCUT2D eigenvalue weighted by molar-refractivity contribution is -0.138. The van der Waals surface area contributed by atoms with Crippen LogP contribution in [0.5, 0.6) is 0 Å². The molecule has 6 rings (SSSR count). The molecule has 1 spiro atoms. The van der Waals surface area contributed by atoms with Gasteiger partial charge in [0.1, 0.15) is 24.2 Å². The van der Waals surface area contributed by atoms with Crippen molar-refractivity contribution in [3.05, 3.63) is 93.7 Å². The minimum absolute atomic E-state index is 0.0316. The molecule has 2 amide bonds. The Hall–Kier alpha value is -3.36. The molecule has 2 saturated heterocycles. The summed E-state index contributed by atoms with van der Waals surface area (Å²) in [6, 6.07) is 14.0. The van der Waals surface area contributed by atoms with Gasteiger partial charge < -0.3 is 25.0 Å². The van der Waals surface area contributed by atoms with E-state index < -0.39 is 17.8 Å². The molecular weight excluding hydrogens is 509 g/mol. The van der Waals surface area contributed by atoms with Gasteiger partial charge in [0.05, 0.1) is 16.1 Å². The van der Waals surface area contributed by atoms with Crippen molar-refractivity contribution in [2.24, 2.45) is 5.92 Å². The van der Waals surface area contributed by atoms with Crippen molar-refractivity contribution in [1.29, 1.82) is 0 Å². The van der Waals surface area contributed by atoms with E-state index in [9.17, 15) is 19.1 Å². The number of ether oxygens (including phenoxy) is 1. The average Bonchev–Trinajstić information content (AvgIpc) is 3.18. The quantitative estimate of drug-likeness (QED) is 0.585. The van der Waals surface area contributed by atoms with Crippen LogP contribution in [0.25, 0.3) is 0 Å². The molecule has 3 aliphatic heterocycles. The number of piperazine rings is 1. The maximum absolute atomic E-state index is 14.4. The van der Waals surface area contributed by atoms with Gasteiger partial charge in [-0.1, -0.05) is 60.5 Å².